The van der Waals surface area contributed by atoms with Crippen molar-refractivity contribution in [2.24, 2.45) is 0 Å². The second-order valence-corrected chi connectivity index (χ2v) is 3.79. The predicted molar refractivity (Wildman–Crippen MR) is 73.4 cm³/mol. The first-order valence-corrected chi connectivity index (χ1v) is 6.08. The van der Waals surface area contributed by atoms with E-state index in [9.17, 15) is 5.11 Å². The van der Waals surface area contributed by atoms with Crippen LogP contribution in [0.5, 0.6) is 5.75 Å². The van der Waals surface area contributed by atoms with Crippen molar-refractivity contribution >= 4 is 0 Å². The molecule has 90 valence electrons. The van der Waals surface area contributed by atoms with Gasteiger partial charge in [0.1, 0.15) is 5.75 Å². The molecule has 17 heavy (non-hydrogen) atoms. The third-order valence-electron chi connectivity index (χ3n) is 2.47. The second kappa shape index (κ2) is 6.74. The summed E-state index contributed by atoms with van der Waals surface area (Å²) in [6.07, 6.45) is 0.786. The SMILES string of the molecule is CC.Cc1cccc(Cc2ccccc2O)c1. The van der Waals surface area contributed by atoms with Crippen LogP contribution in [0.15, 0.2) is 48.5 Å². The molecule has 0 fully saturated rings. The first kappa shape index (κ1) is 13.3. The Hall–Kier alpha value is -1.76. The van der Waals surface area contributed by atoms with Crippen LogP contribution in [0.25, 0.3) is 0 Å². The second-order valence-electron chi connectivity index (χ2n) is 3.79. The van der Waals surface area contributed by atoms with Crippen LogP contribution in [0, 0.1) is 6.92 Å². The van der Waals surface area contributed by atoms with Gasteiger partial charge in [-0.2, -0.15) is 0 Å². The van der Waals surface area contributed by atoms with Crippen LogP contribution < -0.4 is 0 Å². The Balaban J connectivity index is 0.000000686. The third-order valence-corrected chi connectivity index (χ3v) is 2.47. The van der Waals surface area contributed by atoms with E-state index in [0.29, 0.717) is 5.75 Å². The van der Waals surface area contributed by atoms with E-state index in [1.807, 2.05) is 38.1 Å². The molecule has 0 aliphatic heterocycles. The van der Waals surface area contributed by atoms with E-state index in [0.717, 1.165) is 12.0 Å². The van der Waals surface area contributed by atoms with Crippen LogP contribution in [0.3, 0.4) is 0 Å². The number of hydrogen-bond donors (Lipinski definition) is 1. The molecule has 1 heteroatoms. The number of rotatable bonds is 2. The minimum absolute atomic E-state index is 0.374. The molecule has 0 heterocycles. The molecule has 0 amide bonds. The molecule has 0 unspecified atom stereocenters. The third kappa shape index (κ3) is 3.95. The van der Waals surface area contributed by atoms with E-state index in [4.69, 9.17) is 0 Å². The summed E-state index contributed by atoms with van der Waals surface area (Å²) in [5.74, 6) is 0.374. The van der Waals surface area contributed by atoms with Crippen molar-refractivity contribution in [2.45, 2.75) is 27.2 Å². The number of hydrogen-bond acceptors (Lipinski definition) is 1. The number of aryl methyl sites for hydroxylation is 1. The standard InChI is InChI=1S/C14H14O.C2H6/c1-11-5-4-6-12(9-11)10-13-7-2-3-8-14(13)15;1-2/h2-9,15H,10H2,1H3;1-2H3. The fourth-order valence-corrected chi connectivity index (χ4v) is 1.70. The molecule has 0 atom stereocenters. The highest BCUT2D eigenvalue weighted by molar-refractivity contribution is 5.37. The van der Waals surface area contributed by atoms with Crippen molar-refractivity contribution in [1.82, 2.24) is 0 Å². The van der Waals surface area contributed by atoms with Crippen LogP contribution in [-0.4, -0.2) is 5.11 Å². The summed E-state index contributed by atoms with van der Waals surface area (Å²) < 4.78 is 0. The van der Waals surface area contributed by atoms with Crippen LogP contribution >= 0.6 is 0 Å². The largest absolute Gasteiger partial charge is 0.508 e. The Morgan fingerprint density at radius 1 is 0.941 bits per heavy atom. The van der Waals surface area contributed by atoms with E-state index in [1.165, 1.54) is 11.1 Å². The Morgan fingerprint density at radius 3 is 2.29 bits per heavy atom. The molecule has 0 aliphatic carbocycles. The van der Waals surface area contributed by atoms with E-state index in [1.54, 1.807) is 6.07 Å². The van der Waals surface area contributed by atoms with E-state index in [-0.39, 0.29) is 0 Å². The quantitative estimate of drug-likeness (QED) is 0.811. The average molecular weight is 228 g/mol. The van der Waals surface area contributed by atoms with Crippen LogP contribution in [-0.2, 0) is 6.42 Å². The fourth-order valence-electron chi connectivity index (χ4n) is 1.70. The number of para-hydroxylation sites is 1. The lowest BCUT2D eigenvalue weighted by Crippen LogP contribution is -1.88. The summed E-state index contributed by atoms with van der Waals surface area (Å²) in [6, 6.07) is 15.8. The highest BCUT2D eigenvalue weighted by Gasteiger charge is 2.00. The van der Waals surface area contributed by atoms with E-state index < -0.39 is 0 Å². The minimum atomic E-state index is 0.374. The molecule has 2 aromatic rings. The van der Waals surface area contributed by atoms with Crippen LogP contribution in [0.4, 0.5) is 0 Å². The van der Waals surface area contributed by atoms with Crippen molar-refractivity contribution < 1.29 is 5.11 Å². The number of benzene rings is 2. The van der Waals surface area contributed by atoms with Gasteiger partial charge in [-0.15, -0.1) is 0 Å². The van der Waals surface area contributed by atoms with Crippen molar-refractivity contribution in [3.8, 4) is 5.75 Å². The Bertz CT molecular complexity index is 461. The molecule has 2 aromatic carbocycles. The first-order chi connectivity index (χ1) is 8.25. The number of phenolic OH excluding ortho intramolecular Hbond substituents is 1. The van der Waals surface area contributed by atoms with Crippen LogP contribution in [0.2, 0.25) is 0 Å². The molecule has 1 N–H and O–H groups in total. The van der Waals surface area contributed by atoms with E-state index in [2.05, 4.69) is 25.1 Å². The summed E-state index contributed by atoms with van der Waals surface area (Å²) in [5, 5.41) is 9.64. The van der Waals surface area contributed by atoms with Crippen molar-refractivity contribution in [3.63, 3.8) is 0 Å². The molecule has 0 radical (unpaired) electrons. The maximum absolute atomic E-state index is 9.64. The predicted octanol–water partition coefficient (Wildman–Crippen LogP) is 4.32. The molecule has 0 spiro atoms. The lowest BCUT2D eigenvalue weighted by Gasteiger charge is -2.04. The maximum atomic E-state index is 9.64. The van der Waals surface area contributed by atoms with Gasteiger partial charge in [0.25, 0.3) is 0 Å². The fraction of sp³-hybridized carbons (Fsp3) is 0.250. The van der Waals surface area contributed by atoms with Gasteiger partial charge >= 0.3 is 0 Å². The molecule has 0 aliphatic rings. The summed E-state index contributed by atoms with van der Waals surface area (Å²) in [6.45, 7) is 6.08. The Kier molecular flexibility index (Phi) is 5.28. The molecular formula is C16H20O. The zero-order chi connectivity index (χ0) is 12.7. The molecule has 0 aromatic heterocycles. The lowest BCUT2D eigenvalue weighted by atomic mass is 10.0. The topological polar surface area (TPSA) is 20.2 Å². The zero-order valence-corrected chi connectivity index (χ0v) is 10.8. The molecule has 0 saturated heterocycles. The molecule has 0 saturated carbocycles. The molecule has 2 rings (SSSR count). The highest BCUT2D eigenvalue weighted by Crippen LogP contribution is 2.19. The van der Waals surface area contributed by atoms with Gasteiger partial charge in [0.2, 0.25) is 0 Å². The van der Waals surface area contributed by atoms with Crippen LogP contribution in [0.1, 0.15) is 30.5 Å². The minimum Gasteiger partial charge on any atom is -0.508 e. The van der Waals surface area contributed by atoms with Crippen molar-refractivity contribution in [1.29, 1.82) is 0 Å². The van der Waals surface area contributed by atoms with Gasteiger partial charge in [0.15, 0.2) is 0 Å². The highest BCUT2D eigenvalue weighted by atomic mass is 16.3. The normalized spacial score (nSPS) is 9.35. The van der Waals surface area contributed by atoms with Gasteiger partial charge in [-0.1, -0.05) is 61.9 Å². The van der Waals surface area contributed by atoms with E-state index >= 15 is 0 Å². The molecular weight excluding hydrogens is 208 g/mol. The van der Waals surface area contributed by atoms with Gasteiger partial charge in [-0.3, -0.25) is 0 Å². The summed E-state index contributed by atoms with van der Waals surface area (Å²) in [4.78, 5) is 0. The molecule has 1 nitrogen and oxygen atoms in total. The number of aromatic hydroxyl groups is 1. The average Bonchev–Trinajstić information content (AvgIpc) is 2.35. The monoisotopic (exact) mass is 228 g/mol. The van der Waals surface area contributed by atoms with Gasteiger partial charge in [-0.25, -0.2) is 0 Å². The summed E-state index contributed by atoms with van der Waals surface area (Å²) in [7, 11) is 0. The van der Waals surface area contributed by atoms with Gasteiger partial charge in [-0.05, 0) is 24.1 Å². The lowest BCUT2D eigenvalue weighted by molar-refractivity contribution is 0.469. The summed E-state index contributed by atoms with van der Waals surface area (Å²) in [5.41, 5.74) is 3.46. The van der Waals surface area contributed by atoms with Gasteiger partial charge < -0.3 is 5.11 Å². The van der Waals surface area contributed by atoms with Crippen molar-refractivity contribution in [2.75, 3.05) is 0 Å². The maximum Gasteiger partial charge on any atom is 0.119 e. The first-order valence-electron chi connectivity index (χ1n) is 6.08. The summed E-state index contributed by atoms with van der Waals surface area (Å²) >= 11 is 0. The Morgan fingerprint density at radius 2 is 1.65 bits per heavy atom. The number of phenols is 1. The Labute approximate surface area is 104 Å². The van der Waals surface area contributed by atoms with Gasteiger partial charge in [0.05, 0.1) is 0 Å². The zero-order valence-electron chi connectivity index (χ0n) is 10.8. The smallest absolute Gasteiger partial charge is 0.119 e. The van der Waals surface area contributed by atoms with Gasteiger partial charge in [0, 0.05) is 6.42 Å². The molecule has 0 bridgehead atoms. The van der Waals surface area contributed by atoms with Crippen molar-refractivity contribution in [3.05, 3.63) is 65.2 Å².